The van der Waals surface area contributed by atoms with Crippen molar-refractivity contribution in [3.63, 3.8) is 0 Å². The van der Waals surface area contributed by atoms with Crippen LogP contribution in [0, 0.1) is 12.8 Å². The van der Waals surface area contributed by atoms with Crippen molar-refractivity contribution in [1.82, 2.24) is 10.3 Å². The van der Waals surface area contributed by atoms with Crippen LogP contribution in [0.2, 0.25) is 0 Å². The van der Waals surface area contributed by atoms with Crippen LogP contribution in [0.1, 0.15) is 66.6 Å². The maximum atomic E-state index is 13.1. The number of para-hydroxylation sites is 1. The van der Waals surface area contributed by atoms with Gasteiger partial charge in [0.1, 0.15) is 6.10 Å². The third-order valence-corrected chi connectivity index (χ3v) is 6.99. The third-order valence-electron chi connectivity index (χ3n) is 6.99. The number of fused-ring (bicyclic) bond motifs is 1. The van der Waals surface area contributed by atoms with E-state index in [0.717, 1.165) is 72.0 Å². The van der Waals surface area contributed by atoms with Gasteiger partial charge < -0.3 is 15.1 Å². The van der Waals surface area contributed by atoms with Crippen LogP contribution in [0.5, 0.6) is 0 Å². The number of carbonyl (C=O) groups excluding carboxylic acids is 1. The van der Waals surface area contributed by atoms with Gasteiger partial charge >= 0.3 is 0 Å². The summed E-state index contributed by atoms with van der Waals surface area (Å²) < 4.78 is 0. The van der Waals surface area contributed by atoms with E-state index in [4.69, 9.17) is 4.84 Å². The zero-order valence-electron chi connectivity index (χ0n) is 18.6. The molecule has 2 fully saturated rings. The first kappa shape index (κ1) is 20.8. The SMILES string of the molecule is Cc1[nH]c2ccccc2c1C(=O)NC1CCC(/C(=N\OC2CCC2)c2ccccc2)CC1. The molecule has 0 unspecified atom stereocenters. The van der Waals surface area contributed by atoms with Gasteiger partial charge in [0.05, 0.1) is 11.3 Å². The van der Waals surface area contributed by atoms with Crippen molar-refractivity contribution in [2.75, 3.05) is 0 Å². The predicted octanol–water partition coefficient (Wildman–Crippen LogP) is 5.74. The van der Waals surface area contributed by atoms with Crippen molar-refractivity contribution >= 4 is 22.5 Å². The molecule has 5 rings (SSSR count). The number of carbonyl (C=O) groups is 1. The number of rotatable bonds is 6. The average molecular weight is 430 g/mol. The Balaban J connectivity index is 1.25. The highest BCUT2D eigenvalue weighted by atomic mass is 16.6. The fourth-order valence-electron chi connectivity index (χ4n) is 4.92. The summed E-state index contributed by atoms with van der Waals surface area (Å²) in [6.07, 6.45) is 7.64. The number of aromatic amines is 1. The molecule has 0 atom stereocenters. The van der Waals surface area contributed by atoms with E-state index in [1.807, 2.05) is 37.3 Å². The van der Waals surface area contributed by atoms with Gasteiger partial charge in [-0.25, -0.2) is 0 Å². The lowest BCUT2D eigenvalue weighted by Crippen LogP contribution is -2.39. The number of aromatic nitrogens is 1. The predicted molar refractivity (Wildman–Crippen MR) is 128 cm³/mol. The molecule has 2 aliphatic carbocycles. The molecule has 2 N–H and O–H groups in total. The Hall–Kier alpha value is -3.08. The van der Waals surface area contributed by atoms with Crippen molar-refractivity contribution in [1.29, 1.82) is 0 Å². The molecule has 166 valence electrons. The molecular weight excluding hydrogens is 398 g/mol. The van der Waals surface area contributed by atoms with Crippen LogP contribution in [0.4, 0.5) is 0 Å². The fraction of sp³-hybridized carbons (Fsp3) is 0.407. The fourth-order valence-corrected chi connectivity index (χ4v) is 4.92. The number of hydrogen-bond donors (Lipinski definition) is 2. The summed E-state index contributed by atoms with van der Waals surface area (Å²) in [5.74, 6) is 0.383. The number of benzene rings is 2. The Morgan fingerprint density at radius 2 is 1.69 bits per heavy atom. The van der Waals surface area contributed by atoms with Crippen molar-refractivity contribution in [2.24, 2.45) is 11.1 Å². The Bertz CT molecular complexity index is 1110. The monoisotopic (exact) mass is 429 g/mol. The van der Waals surface area contributed by atoms with Gasteiger partial charge in [-0.3, -0.25) is 4.79 Å². The van der Waals surface area contributed by atoms with E-state index in [0.29, 0.717) is 5.92 Å². The molecule has 0 aliphatic heterocycles. The number of oxime groups is 1. The number of amides is 1. The quantitative estimate of drug-likeness (QED) is 0.388. The third kappa shape index (κ3) is 4.29. The largest absolute Gasteiger partial charge is 0.392 e. The van der Waals surface area contributed by atoms with Crippen LogP contribution in [0.15, 0.2) is 59.8 Å². The van der Waals surface area contributed by atoms with E-state index < -0.39 is 0 Å². The molecule has 5 heteroatoms. The van der Waals surface area contributed by atoms with E-state index in [1.54, 1.807) is 0 Å². The van der Waals surface area contributed by atoms with Crippen molar-refractivity contribution < 1.29 is 9.63 Å². The van der Waals surface area contributed by atoms with Gasteiger partial charge in [0, 0.05) is 28.6 Å². The molecule has 3 aromatic rings. The zero-order valence-corrected chi connectivity index (χ0v) is 18.6. The molecule has 32 heavy (non-hydrogen) atoms. The summed E-state index contributed by atoms with van der Waals surface area (Å²) in [4.78, 5) is 22.3. The molecule has 0 saturated heterocycles. The number of nitrogens with one attached hydrogen (secondary N) is 2. The second-order valence-electron chi connectivity index (χ2n) is 9.19. The van der Waals surface area contributed by atoms with Gasteiger partial charge in [0.2, 0.25) is 0 Å². The van der Waals surface area contributed by atoms with Gasteiger partial charge in [-0.15, -0.1) is 0 Å². The number of nitrogens with zero attached hydrogens (tertiary/aromatic N) is 1. The molecular formula is C27H31N3O2. The molecule has 2 aromatic carbocycles. The number of hydrogen-bond acceptors (Lipinski definition) is 3. The first-order chi connectivity index (χ1) is 15.7. The molecule has 5 nitrogen and oxygen atoms in total. The highest BCUT2D eigenvalue weighted by Crippen LogP contribution is 2.30. The lowest BCUT2D eigenvalue weighted by molar-refractivity contribution is 0.00510. The molecule has 1 aromatic heterocycles. The Labute approximate surface area is 189 Å². The summed E-state index contributed by atoms with van der Waals surface area (Å²) >= 11 is 0. The zero-order chi connectivity index (χ0) is 21.9. The minimum absolute atomic E-state index is 0.0219. The lowest BCUT2D eigenvalue weighted by Gasteiger charge is -2.30. The highest BCUT2D eigenvalue weighted by molar-refractivity contribution is 6.08. The summed E-state index contributed by atoms with van der Waals surface area (Å²) in [5.41, 5.74) is 4.91. The summed E-state index contributed by atoms with van der Waals surface area (Å²) in [7, 11) is 0. The van der Waals surface area contributed by atoms with Crippen molar-refractivity contribution in [3.05, 3.63) is 71.4 Å². The lowest BCUT2D eigenvalue weighted by atomic mass is 9.81. The van der Waals surface area contributed by atoms with Crippen LogP contribution in [-0.2, 0) is 4.84 Å². The number of aryl methyl sites for hydroxylation is 1. The highest BCUT2D eigenvalue weighted by Gasteiger charge is 2.29. The smallest absolute Gasteiger partial charge is 0.253 e. The van der Waals surface area contributed by atoms with Crippen molar-refractivity contribution in [3.8, 4) is 0 Å². The van der Waals surface area contributed by atoms with E-state index in [1.165, 1.54) is 6.42 Å². The first-order valence-electron chi connectivity index (χ1n) is 11.9. The van der Waals surface area contributed by atoms with E-state index in [-0.39, 0.29) is 18.1 Å². The van der Waals surface area contributed by atoms with Crippen LogP contribution in [0.25, 0.3) is 10.9 Å². The maximum Gasteiger partial charge on any atom is 0.253 e. The van der Waals surface area contributed by atoms with Gasteiger partial charge in [-0.05, 0) is 63.5 Å². The molecule has 0 bridgehead atoms. The normalized spacial score (nSPS) is 21.8. The standard InChI is InChI=1S/C27H31N3O2/c1-18-25(23-12-5-6-13-24(23)28-18)27(31)29-21-16-14-20(15-17-21)26(19-8-3-2-4-9-19)30-32-22-10-7-11-22/h2-6,8-9,12-13,20-22,28H,7,10-11,14-17H2,1H3,(H,29,31)/b30-26-. The summed E-state index contributed by atoms with van der Waals surface area (Å²) in [5, 5.41) is 8.92. The van der Waals surface area contributed by atoms with E-state index in [9.17, 15) is 4.79 Å². The first-order valence-corrected chi connectivity index (χ1v) is 11.9. The number of H-pyrrole nitrogens is 1. The van der Waals surface area contributed by atoms with Gasteiger partial charge in [-0.1, -0.05) is 53.7 Å². The molecule has 2 aliphatic rings. The Morgan fingerprint density at radius 1 is 0.969 bits per heavy atom. The van der Waals surface area contributed by atoms with Crippen molar-refractivity contribution in [2.45, 2.75) is 64.0 Å². The molecule has 1 heterocycles. The van der Waals surface area contributed by atoms with Crippen LogP contribution in [-0.4, -0.2) is 28.7 Å². The molecule has 1 amide bonds. The topological polar surface area (TPSA) is 66.5 Å². The average Bonchev–Trinajstić information content (AvgIpc) is 3.12. The van der Waals surface area contributed by atoms with Crippen LogP contribution in [0.3, 0.4) is 0 Å². The summed E-state index contributed by atoms with van der Waals surface area (Å²) in [6, 6.07) is 18.6. The maximum absolute atomic E-state index is 13.1. The molecule has 0 radical (unpaired) electrons. The van der Waals surface area contributed by atoms with Gasteiger partial charge in [-0.2, -0.15) is 0 Å². The second kappa shape index (κ2) is 9.19. The second-order valence-corrected chi connectivity index (χ2v) is 9.19. The minimum Gasteiger partial charge on any atom is -0.392 e. The Morgan fingerprint density at radius 3 is 2.41 bits per heavy atom. The Kier molecular flexibility index (Phi) is 5.97. The molecule has 2 saturated carbocycles. The van der Waals surface area contributed by atoms with Gasteiger partial charge in [0.25, 0.3) is 5.91 Å². The van der Waals surface area contributed by atoms with Crippen LogP contribution < -0.4 is 5.32 Å². The molecule has 0 spiro atoms. The minimum atomic E-state index is 0.0219. The van der Waals surface area contributed by atoms with E-state index >= 15 is 0 Å². The van der Waals surface area contributed by atoms with E-state index in [2.05, 4.69) is 39.7 Å². The van der Waals surface area contributed by atoms with Gasteiger partial charge in [0.15, 0.2) is 0 Å². The van der Waals surface area contributed by atoms with Crippen LogP contribution >= 0.6 is 0 Å². The summed E-state index contributed by atoms with van der Waals surface area (Å²) in [6.45, 7) is 1.97.